The summed E-state index contributed by atoms with van der Waals surface area (Å²) in [6.45, 7) is 5.97. The maximum absolute atomic E-state index is 14.1. The second kappa shape index (κ2) is 11.1. The summed E-state index contributed by atoms with van der Waals surface area (Å²) in [5.41, 5.74) is 3.26. The molecule has 0 aliphatic rings. The van der Waals surface area contributed by atoms with E-state index in [0.29, 0.717) is 11.3 Å². The molecule has 0 aliphatic heterocycles. The Kier molecular flexibility index (Phi) is 7.72. The highest BCUT2D eigenvalue weighted by molar-refractivity contribution is 5.97. The number of aromatic amines is 1. The lowest BCUT2D eigenvalue weighted by Crippen LogP contribution is -2.49. The van der Waals surface area contributed by atoms with Crippen LogP contribution in [-0.4, -0.2) is 39.3 Å². The van der Waals surface area contributed by atoms with Crippen LogP contribution in [0.4, 0.5) is 0 Å². The van der Waals surface area contributed by atoms with Gasteiger partial charge in [0.15, 0.2) is 0 Å². The lowest BCUT2D eigenvalue weighted by Gasteiger charge is -2.33. The molecule has 0 radical (unpaired) electrons. The third kappa shape index (κ3) is 6.44. The molecule has 0 bridgehead atoms. The number of rotatable bonds is 8. The number of carbonyl (C=O) groups is 2. The van der Waals surface area contributed by atoms with Crippen LogP contribution in [0.1, 0.15) is 48.4 Å². The van der Waals surface area contributed by atoms with Gasteiger partial charge in [0.05, 0.1) is 7.11 Å². The lowest BCUT2D eigenvalue weighted by atomic mass is 10.0. The first-order chi connectivity index (χ1) is 17.7. The minimum absolute atomic E-state index is 0.215. The predicted molar refractivity (Wildman–Crippen MR) is 144 cm³/mol. The summed E-state index contributed by atoms with van der Waals surface area (Å²) >= 11 is 0. The summed E-state index contributed by atoms with van der Waals surface area (Å²) in [6.07, 6.45) is 3.26. The van der Waals surface area contributed by atoms with E-state index in [9.17, 15) is 9.59 Å². The number of amides is 2. The number of hydrogen-bond donors (Lipinski definition) is 2. The van der Waals surface area contributed by atoms with Crippen LogP contribution in [0.15, 0.2) is 91.3 Å². The molecular weight excluding hydrogens is 464 g/mol. The zero-order valence-corrected chi connectivity index (χ0v) is 21.6. The number of ether oxygens (including phenoxy) is 1. The van der Waals surface area contributed by atoms with Crippen molar-refractivity contribution in [3.05, 3.63) is 108 Å². The van der Waals surface area contributed by atoms with E-state index in [-0.39, 0.29) is 18.4 Å². The fraction of sp³-hybridized carbons (Fsp3) is 0.233. The van der Waals surface area contributed by atoms with Crippen molar-refractivity contribution in [2.24, 2.45) is 0 Å². The largest absolute Gasteiger partial charge is 0.497 e. The van der Waals surface area contributed by atoms with Crippen LogP contribution in [0, 0.1) is 0 Å². The molecule has 37 heavy (non-hydrogen) atoms. The molecule has 2 N–H and O–H groups in total. The van der Waals surface area contributed by atoms with Gasteiger partial charge >= 0.3 is 0 Å². The van der Waals surface area contributed by atoms with Gasteiger partial charge in [0.25, 0.3) is 5.91 Å². The highest BCUT2D eigenvalue weighted by Crippen LogP contribution is 2.28. The quantitative estimate of drug-likeness (QED) is 0.343. The third-order valence-electron chi connectivity index (χ3n) is 5.85. The smallest absolute Gasteiger partial charge is 0.271 e. The summed E-state index contributed by atoms with van der Waals surface area (Å²) in [5, 5.41) is 3.06. The van der Waals surface area contributed by atoms with Crippen LogP contribution in [0.2, 0.25) is 0 Å². The van der Waals surface area contributed by atoms with Crippen LogP contribution < -0.4 is 10.1 Å². The molecule has 0 unspecified atom stereocenters. The van der Waals surface area contributed by atoms with Crippen LogP contribution in [0.5, 0.6) is 5.75 Å². The maximum Gasteiger partial charge on any atom is 0.271 e. The van der Waals surface area contributed by atoms with Crippen LogP contribution >= 0.6 is 0 Å². The first-order valence-electron chi connectivity index (χ1n) is 12.2. The first-order valence-corrected chi connectivity index (χ1v) is 12.2. The average Bonchev–Trinajstić information content (AvgIpc) is 3.39. The Hall–Kier alpha value is -4.39. The van der Waals surface area contributed by atoms with Crippen LogP contribution in [-0.2, 0) is 11.3 Å². The van der Waals surface area contributed by atoms with Gasteiger partial charge < -0.3 is 19.9 Å². The third-order valence-corrected chi connectivity index (χ3v) is 5.85. The normalized spacial score (nSPS) is 12.0. The van der Waals surface area contributed by atoms with E-state index in [1.54, 1.807) is 42.6 Å². The monoisotopic (exact) mass is 496 g/mol. The Morgan fingerprint density at radius 3 is 2.24 bits per heavy atom. The molecule has 1 atom stereocenters. The number of benzene rings is 2. The van der Waals surface area contributed by atoms with Gasteiger partial charge in [0.1, 0.15) is 17.5 Å². The summed E-state index contributed by atoms with van der Waals surface area (Å²) in [5.74, 6) is 0.161. The van der Waals surface area contributed by atoms with Crippen molar-refractivity contribution in [2.75, 3.05) is 7.11 Å². The van der Waals surface area contributed by atoms with Crippen molar-refractivity contribution in [1.82, 2.24) is 20.2 Å². The highest BCUT2D eigenvalue weighted by Gasteiger charge is 2.34. The molecule has 4 aromatic rings. The van der Waals surface area contributed by atoms with Gasteiger partial charge in [-0.15, -0.1) is 0 Å². The molecule has 2 amide bonds. The van der Waals surface area contributed by atoms with Crippen molar-refractivity contribution in [2.45, 2.75) is 38.9 Å². The molecule has 7 nitrogen and oxygen atoms in total. The molecule has 0 saturated heterocycles. The molecule has 2 aromatic carbocycles. The highest BCUT2D eigenvalue weighted by atomic mass is 16.5. The molecule has 4 rings (SSSR count). The Labute approximate surface area is 217 Å². The number of aromatic nitrogens is 2. The van der Waals surface area contributed by atoms with E-state index in [1.165, 1.54) is 0 Å². The van der Waals surface area contributed by atoms with E-state index >= 15 is 0 Å². The Morgan fingerprint density at radius 1 is 0.946 bits per heavy atom. The second-order valence-corrected chi connectivity index (χ2v) is 9.86. The number of methoxy groups -OCH3 is 1. The number of H-pyrrole nitrogens is 1. The van der Waals surface area contributed by atoms with Gasteiger partial charge in [-0.1, -0.05) is 42.5 Å². The standard InChI is InChI=1S/C30H32N4O3/c1-30(2,3)33-28(35)27(23-16-18-31-19-17-23)34(20-21-10-12-24(37-4)13-11-21)29(36)26-15-14-25(32-26)22-8-6-5-7-9-22/h5-19,27,32H,20H2,1-4H3,(H,33,35)/t27-/m1/s1. The Morgan fingerprint density at radius 2 is 1.62 bits per heavy atom. The van der Waals surface area contributed by atoms with Gasteiger partial charge in [0.2, 0.25) is 5.91 Å². The van der Waals surface area contributed by atoms with E-state index in [0.717, 1.165) is 22.6 Å². The topological polar surface area (TPSA) is 87.3 Å². The van der Waals surface area contributed by atoms with Gasteiger partial charge in [0, 0.05) is 30.2 Å². The summed E-state index contributed by atoms with van der Waals surface area (Å²) in [4.78, 5) is 36.7. The minimum Gasteiger partial charge on any atom is -0.497 e. The summed E-state index contributed by atoms with van der Waals surface area (Å²) < 4.78 is 5.29. The number of nitrogens with zero attached hydrogens (tertiary/aromatic N) is 2. The van der Waals surface area contributed by atoms with E-state index in [1.807, 2.05) is 81.4 Å². The molecule has 2 aromatic heterocycles. The molecule has 0 fully saturated rings. The van der Waals surface area contributed by atoms with E-state index < -0.39 is 11.6 Å². The van der Waals surface area contributed by atoms with Crippen molar-refractivity contribution >= 4 is 11.8 Å². The Bertz CT molecular complexity index is 1330. The molecule has 0 spiro atoms. The zero-order chi connectivity index (χ0) is 26.4. The number of hydrogen-bond acceptors (Lipinski definition) is 4. The van der Waals surface area contributed by atoms with E-state index in [2.05, 4.69) is 15.3 Å². The fourth-order valence-electron chi connectivity index (χ4n) is 4.13. The van der Waals surface area contributed by atoms with Crippen LogP contribution in [0.3, 0.4) is 0 Å². The molecule has 190 valence electrons. The van der Waals surface area contributed by atoms with Crippen LogP contribution in [0.25, 0.3) is 11.3 Å². The molecule has 2 heterocycles. The summed E-state index contributed by atoms with van der Waals surface area (Å²) in [6, 6.07) is 23.6. The molecule has 7 heteroatoms. The molecule has 0 aliphatic carbocycles. The van der Waals surface area contributed by atoms with Crippen molar-refractivity contribution in [1.29, 1.82) is 0 Å². The maximum atomic E-state index is 14.1. The Balaban J connectivity index is 1.76. The lowest BCUT2D eigenvalue weighted by molar-refractivity contribution is -0.127. The van der Waals surface area contributed by atoms with Gasteiger partial charge in [-0.3, -0.25) is 14.6 Å². The SMILES string of the molecule is COc1ccc(CN(C(=O)c2ccc(-c3ccccc3)[nH]2)[C@@H](C(=O)NC(C)(C)C)c2ccncc2)cc1. The number of pyridine rings is 1. The minimum atomic E-state index is -0.875. The second-order valence-electron chi connectivity index (χ2n) is 9.86. The van der Waals surface area contributed by atoms with Crippen molar-refractivity contribution in [3.63, 3.8) is 0 Å². The molecule has 0 saturated carbocycles. The van der Waals surface area contributed by atoms with Gasteiger partial charge in [-0.2, -0.15) is 0 Å². The van der Waals surface area contributed by atoms with Crippen molar-refractivity contribution < 1.29 is 14.3 Å². The summed E-state index contributed by atoms with van der Waals surface area (Å²) in [7, 11) is 1.61. The fourth-order valence-corrected chi connectivity index (χ4v) is 4.13. The average molecular weight is 497 g/mol. The zero-order valence-electron chi connectivity index (χ0n) is 21.6. The van der Waals surface area contributed by atoms with Gasteiger partial charge in [-0.05, 0) is 73.9 Å². The first kappa shape index (κ1) is 25.7. The van der Waals surface area contributed by atoms with Gasteiger partial charge in [-0.25, -0.2) is 0 Å². The predicted octanol–water partition coefficient (Wildman–Crippen LogP) is 5.38. The number of carbonyl (C=O) groups excluding carboxylic acids is 2. The van der Waals surface area contributed by atoms with E-state index in [4.69, 9.17) is 4.74 Å². The number of nitrogens with one attached hydrogen (secondary N) is 2. The molecular formula is C30H32N4O3. The van der Waals surface area contributed by atoms with Crippen molar-refractivity contribution in [3.8, 4) is 17.0 Å².